The van der Waals surface area contributed by atoms with Crippen LogP contribution in [0.3, 0.4) is 0 Å². The van der Waals surface area contributed by atoms with Gasteiger partial charge in [0.05, 0.1) is 29.2 Å². The summed E-state index contributed by atoms with van der Waals surface area (Å²) >= 11 is 0. The van der Waals surface area contributed by atoms with E-state index in [0.717, 1.165) is 35.7 Å². The second kappa shape index (κ2) is 6.60. The Kier molecular flexibility index (Phi) is 3.93. The molecule has 1 aliphatic rings. The Balaban J connectivity index is 1.49. The molecule has 1 unspecified atom stereocenters. The summed E-state index contributed by atoms with van der Waals surface area (Å²) in [5, 5.41) is 13.1. The fraction of sp³-hybridized carbons (Fsp3) is 0.238. The lowest BCUT2D eigenvalue weighted by Crippen LogP contribution is -2.31. The van der Waals surface area contributed by atoms with E-state index in [1.807, 2.05) is 75.6 Å². The molecule has 4 aromatic rings. The number of para-hydroxylation sites is 1. The number of amides is 1. The van der Waals surface area contributed by atoms with Crippen LogP contribution in [0.25, 0.3) is 11.3 Å². The molecule has 4 heterocycles. The molecule has 0 saturated carbocycles. The normalized spacial score (nSPS) is 16.8. The smallest absolute Gasteiger partial charge is 0.257 e. The van der Waals surface area contributed by atoms with Crippen molar-refractivity contribution in [3.63, 3.8) is 0 Å². The number of hydrogen-bond donors (Lipinski definition) is 0. The van der Waals surface area contributed by atoms with Gasteiger partial charge in [0.2, 0.25) is 0 Å². The lowest BCUT2D eigenvalue weighted by Gasteiger charge is -2.23. The van der Waals surface area contributed by atoms with Gasteiger partial charge in [-0.2, -0.15) is 5.10 Å². The zero-order chi connectivity index (χ0) is 19.1. The molecule has 1 atom stereocenters. The number of pyridine rings is 1. The first-order valence-corrected chi connectivity index (χ1v) is 9.45. The number of nitrogens with zero attached hydrogens (tertiary/aromatic N) is 6. The van der Waals surface area contributed by atoms with Crippen molar-refractivity contribution < 1.29 is 4.79 Å². The number of likely N-dealkylation sites (tertiary alicyclic amines) is 1. The van der Waals surface area contributed by atoms with Crippen LogP contribution in [0.4, 0.5) is 0 Å². The van der Waals surface area contributed by atoms with Crippen molar-refractivity contribution in [2.24, 2.45) is 0 Å². The summed E-state index contributed by atoms with van der Waals surface area (Å²) in [6.07, 6.45) is 5.45. The average Bonchev–Trinajstić information content (AvgIpc) is 3.46. The Morgan fingerprint density at radius 1 is 1.07 bits per heavy atom. The molecule has 0 spiro atoms. The largest absolute Gasteiger partial charge is 0.328 e. The molecule has 1 aliphatic heterocycles. The van der Waals surface area contributed by atoms with Crippen molar-refractivity contribution in [3.8, 4) is 5.69 Å². The Labute approximate surface area is 162 Å². The molecule has 0 radical (unpaired) electrons. The van der Waals surface area contributed by atoms with Gasteiger partial charge >= 0.3 is 0 Å². The SMILES string of the molecule is Cc1c(C(=O)N2CCCC2c2nnc3ccccn23)cnn1-c1ccccc1. The van der Waals surface area contributed by atoms with Crippen LogP contribution in [-0.4, -0.2) is 41.7 Å². The fourth-order valence-corrected chi connectivity index (χ4v) is 3.97. The van der Waals surface area contributed by atoms with E-state index >= 15 is 0 Å². The second-order valence-electron chi connectivity index (χ2n) is 7.03. The van der Waals surface area contributed by atoms with E-state index in [9.17, 15) is 4.79 Å². The summed E-state index contributed by atoms with van der Waals surface area (Å²) in [6, 6.07) is 15.6. The minimum atomic E-state index is -0.0793. The highest BCUT2D eigenvalue weighted by molar-refractivity contribution is 5.95. The first-order valence-electron chi connectivity index (χ1n) is 9.45. The molecule has 28 heavy (non-hydrogen) atoms. The van der Waals surface area contributed by atoms with Gasteiger partial charge in [-0.15, -0.1) is 10.2 Å². The predicted molar refractivity (Wildman–Crippen MR) is 104 cm³/mol. The van der Waals surface area contributed by atoms with Gasteiger partial charge in [-0.1, -0.05) is 24.3 Å². The molecule has 3 aromatic heterocycles. The van der Waals surface area contributed by atoms with Crippen LogP contribution in [0.1, 0.15) is 40.8 Å². The molecular weight excluding hydrogens is 352 g/mol. The number of aromatic nitrogens is 5. The first-order chi connectivity index (χ1) is 13.7. The number of fused-ring (bicyclic) bond motifs is 1. The number of carbonyl (C=O) groups excluding carboxylic acids is 1. The maximum absolute atomic E-state index is 13.4. The van der Waals surface area contributed by atoms with Crippen molar-refractivity contribution in [2.45, 2.75) is 25.8 Å². The van der Waals surface area contributed by atoms with Crippen molar-refractivity contribution in [1.29, 1.82) is 0 Å². The van der Waals surface area contributed by atoms with E-state index in [4.69, 9.17) is 0 Å². The molecule has 1 fully saturated rings. The topological polar surface area (TPSA) is 68.3 Å². The zero-order valence-electron chi connectivity index (χ0n) is 15.6. The standard InChI is InChI=1S/C21H20N6O/c1-15-17(14-22-27(15)16-8-3-2-4-9-16)21(28)25-13-7-10-18(25)20-24-23-19-11-5-6-12-26(19)20/h2-6,8-9,11-12,14,18H,7,10,13H2,1H3. The lowest BCUT2D eigenvalue weighted by molar-refractivity contribution is 0.0728. The summed E-state index contributed by atoms with van der Waals surface area (Å²) < 4.78 is 3.78. The molecule has 0 aliphatic carbocycles. The van der Waals surface area contributed by atoms with Crippen molar-refractivity contribution in [2.75, 3.05) is 6.54 Å². The second-order valence-corrected chi connectivity index (χ2v) is 7.03. The monoisotopic (exact) mass is 372 g/mol. The highest BCUT2D eigenvalue weighted by Crippen LogP contribution is 2.33. The van der Waals surface area contributed by atoms with Crippen LogP contribution in [0.5, 0.6) is 0 Å². The van der Waals surface area contributed by atoms with Gasteiger partial charge in [0.1, 0.15) is 0 Å². The molecule has 1 aromatic carbocycles. The summed E-state index contributed by atoms with van der Waals surface area (Å²) in [7, 11) is 0. The molecule has 0 bridgehead atoms. The van der Waals surface area contributed by atoms with Gasteiger partial charge in [0.15, 0.2) is 11.5 Å². The fourth-order valence-electron chi connectivity index (χ4n) is 3.97. The van der Waals surface area contributed by atoms with Gasteiger partial charge in [-0.05, 0) is 44.0 Å². The van der Waals surface area contributed by atoms with Crippen LogP contribution < -0.4 is 0 Å². The van der Waals surface area contributed by atoms with Crippen LogP contribution in [0.2, 0.25) is 0 Å². The third kappa shape index (κ3) is 2.58. The summed E-state index contributed by atoms with van der Waals surface area (Å²) in [5.41, 5.74) is 3.21. The molecule has 140 valence electrons. The first kappa shape index (κ1) is 16.7. The Morgan fingerprint density at radius 2 is 1.89 bits per heavy atom. The molecule has 7 nitrogen and oxygen atoms in total. The minimum Gasteiger partial charge on any atom is -0.328 e. The van der Waals surface area contributed by atoms with E-state index in [1.54, 1.807) is 6.20 Å². The highest BCUT2D eigenvalue weighted by atomic mass is 16.2. The Morgan fingerprint density at radius 3 is 2.75 bits per heavy atom. The quantitative estimate of drug-likeness (QED) is 0.554. The number of hydrogen-bond acceptors (Lipinski definition) is 4. The molecular formula is C21H20N6O. The molecule has 1 saturated heterocycles. The maximum Gasteiger partial charge on any atom is 0.257 e. The van der Waals surface area contributed by atoms with E-state index in [1.165, 1.54) is 0 Å². The van der Waals surface area contributed by atoms with Crippen LogP contribution in [0.15, 0.2) is 60.9 Å². The van der Waals surface area contributed by atoms with Gasteiger partial charge in [0, 0.05) is 12.7 Å². The van der Waals surface area contributed by atoms with E-state index in [0.29, 0.717) is 12.1 Å². The zero-order valence-corrected chi connectivity index (χ0v) is 15.6. The van der Waals surface area contributed by atoms with E-state index < -0.39 is 0 Å². The summed E-state index contributed by atoms with van der Waals surface area (Å²) in [5.74, 6) is 0.810. The number of carbonyl (C=O) groups is 1. The molecule has 7 heteroatoms. The van der Waals surface area contributed by atoms with Crippen LogP contribution >= 0.6 is 0 Å². The Bertz CT molecular complexity index is 1150. The van der Waals surface area contributed by atoms with Crippen molar-refractivity contribution in [1.82, 2.24) is 29.3 Å². The van der Waals surface area contributed by atoms with E-state index in [2.05, 4.69) is 15.3 Å². The van der Waals surface area contributed by atoms with Gasteiger partial charge in [0.25, 0.3) is 5.91 Å². The average molecular weight is 372 g/mol. The summed E-state index contributed by atoms with van der Waals surface area (Å²) in [6.45, 7) is 2.64. The van der Waals surface area contributed by atoms with Gasteiger partial charge in [-0.25, -0.2) is 4.68 Å². The van der Waals surface area contributed by atoms with Crippen LogP contribution in [-0.2, 0) is 0 Å². The Hall–Kier alpha value is -3.48. The summed E-state index contributed by atoms with van der Waals surface area (Å²) in [4.78, 5) is 15.3. The number of rotatable bonds is 3. The van der Waals surface area contributed by atoms with Crippen LogP contribution in [0, 0.1) is 6.92 Å². The molecule has 0 N–H and O–H groups in total. The molecule has 5 rings (SSSR count). The minimum absolute atomic E-state index is 0.00476. The number of benzene rings is 1. The van der Waals surface area contributed by atoms with Gasteiger partial charge in [-0.3, -0.25) is 9.20 Å². The lowest BCUT2D eigenvalue weighted by atomic mass is 10.1. The third-order valence-corrected chi connectivity index (χ3v) is 5.39. The highest BCUT2D eigenvalue weighted by Gasteiger charge is 2.35. The predicted octanol–water partition coefficient (Wildman–Crippen LogP) is 3.20. The molecule has 1 amide bonds. The van der Waals surface area contributed by atoms with Crippen molar-refractivity contribution >= 4 is 11.6 Å². The van der Waals surface area contributed by atoms with Gasteiger partial charge < -0.3 is 4.90 Å². The maximum atomic E-state index is 13.4. The van der Waals surface area contributed by atoms with Crippen molar-refractivity contribution in [3.05, 3.63) is 78.0 Å². The third-order valence-electron chi connectivity index (χ3n) is 5.39. The van der Waals surface area contributed by atoms with E-state index in [-0.39, 0.29) is 11.9 Å².